The van der Waals surface area contributed by atoms with Crippen molar-refractivity contribution < 1.29 is 9.90 Å². The molecule has 0 bridgehead atoms. The van der Waals surface area contributed by atoms with Crippen LogP contribution in [0.2, 0.25) is 0 Å². The first-order valence-corrected chi connectivity index (χ1v) is 10.2. The van der Waals surface area contributed by atoms with Crippen molar-refractivity contribution in [2.45, 2.75) is 33.1 Å². The Kier molecular flexibility index (Phi) is 5.19. The van der Waals surface area contributed by atoms with E-state index in [2.05, 4.69) is 55.0 Å². The molecule has 31 heavy (non-hydrogen) atoms. The Morgan fingerprint density at radius 1 is 0.968 bits per heavy atom. The van der Waals surface area contributed by atoms with Crippen LogP contribution in [0, 0.1) is 0 Å². The number of nitrogens with zero attached hydrogens (tertiary/aromatic N) is 2. The normalized spacial score (nSPS) is 12.3. The molecule has 0 saturated carbocycles. The van der Waals surface area contributed by atoms with Gasteiger partial charge in [0.25, 0.3) is 0 Å². The molecular weight excluding hydrogens is 386 g/mol. The van der Waals surface area contributed by atoms with Gasteiger partial charge in [-0.2, -0.15) is 0 Å². The van der Waals surface area contributed by atoms with E-state index in [9.17, 15) is 4.79 Å². The lowest BCUT2D eigenvalue weighted by Crippen LogP contribution is -2.10. The molecular formula is C26H25N3O2. The number of aromatic amines is 1. The van der Waals surface area contributed by atoms with E-state index < -0.39 is 5.97 Å². The Balaban J connectivity index is 1.67. The van der Waals surface area contributed by atoms with E-state index >= 15 is 0 Å². The van der Waals surface area contributed by atoms with Crippen molar-refractivity contribution in [3.63, 3.8) is 0 Å². The van der Waals surface area contributed by atoms with Crippen LogP contribution in [0.4, 0.5) is 0 Å². The van der Waals surface area contributed by atoms with Crippen molar-refractivity contribution in [1.82, 2.24) is 15.0 Å². The highest BCUT2D eigenvalue weighted by Gasteiger charge is 2.14. The number of rotatable bonds is 4. The van der Waals surface area contributed by atoms with Crippen LogP contribution in [0.25, 0.3) is 39.9 Å². The maximum atomic E-state index is 11.1. The molecule has 0 aliphatic heterocycles. The number of aliphatic carboxylic acids is 1. The minimum Gasteiger partial charge on any atom is -0.478 e. The highest BCUT2D eigenvalue weighted by atomic mass is 16.4. The molecule has 0 fully saturated rings. The average molecular weight is 412 g/mol. The fourth-order valence-corrected chi connectivity index (χ4v) is 3.42. The third-order valence-electron chi connectivity index (χ3n) is 5.26. The number of nitrogens with one attached hydrogen (secondary N) is 1. The number of pyridine rings is 1. The first-order valence-electron chi connectivity index (χ1n) is 10.2. The molecule has 5 nitrogen and oxygen atoms in total. The Morgan fingerprint density at radius 3 is 2.35 bits per heavy atom. The maximum Gasteiger partial charge on any atom is 0.331 e. The first-order chi connectivity index (χ1) is 14.7. The quantitative estimate of drug-likeness (QED) is 0.399. The molecule has 4 rings (SSSR count). The molecule has 0 aliphatic carbocycles. The van der Waals surface area contributed by atoms with Gasteiger partial charge in [-0.1, -0.05) is 57.2 Å². The van der Waals surface area contributed by atoms with Gasteiger partial charge in [0, 0.05) is 11.1 Å². The van der Waals surface area contributed by atoms with Gasteiger partial charge >= 0.3 is 5.97 Å². The van der Waals surface area contributed by atoms with Crippen LogP contribution in [-0.2, 0) is 10.2 Å². The Bertz CT molecular complexity index is 1290. The summed E-state index contributed by atoms with van der Waals surface area (Å²) in [5.41, 5.74) is 6.83. The van der Waals surface area contributed by atoms with E-state index in [1.54, 1.807) is 13.0 Å². The number of carboxylic acids is 1. The van der Waals surface area contributed by atoms with E-state index in [0.29, 0.717) is 5.82 Å². The van der Waals surface area contributed by atoms with Gasteiger partial charge < -0.3 is 10.1 Å². The van der Waals surface area contributed by atoms with E-state index in [1.807, 2.05) is 36.4 Å². The van der Waals surface area contributed by atoms with E-state index in [1.165, 1.54) is 5.56 Å². The number of carbonyl (C=O) groups is 1. The van der Waals surface area contributed by atoms with Gasteiger partial charge in [0.1, 0.15) is 5.69 Å². The molecule has 0 radical (unpaired) electrons. The van der Waals surface area contributed by atoms with Gasteiger partial charge in [0.2, 0.25) is 0 Å². The minimum atomic E-state index is -0.929. The number of hydrogen-bond acceptors (Lipinski definition) is 3. The second-order valence-corrected chi connectivity index (χ2v) is 8.73. The molecule has 2 aromatic carbocycles. The zero-order valence-corrected chi connectivity index (χ0v) is 18.1. The Morgan fingerprint density at radius 2 is 1.68 bits per heavy atom. The summed E-state index contributed by atoms with van der Waals surface area (Å²) in [5.74, 6) is -0.249. The molecule has 2 aromatic heterocycles. The summed E-state index contributed by atoms with van der Waals surface area (Å²) in [5, 5.41) is 9.09. The van der Waals surface area contributed by atoms with Crippen molar-refractivity contribution in [2.24, 2.45) is 0 Å². The summed E-state index contributed by atoms with van der Waals surface area (Å²) < 4.78 is 0. The number of benzene rings is 2. The van der Waals surface area contributed by atoms with Crippen LogP contribution < -0.4 is 0 Å². The fourth-order valence-electron chi connectivity index (χ4n) is 3.42. The van der Waals surface area contributed by atoms with Gasteiger partial charge in [-0.25, -0.2) is 14.8 Å². The first kappa shape index (κ1) is 20.5. The van der Waals surface area contributed by atoms with Gasteiger partial charge in [-0.3, -0.25) is 0 Å². The number of hydrogen-bond donors (Lipinski definition) is 2. The number of aromatic nitrogens is 3. The summed E-state index contributed by atoms with van der Waals surface area (Å²) in [7, 11) is 0. The maximum absolute atomic E-state index is 11.1. The number of carboxylic acid groups (broad SMARTS) is 1. The van der Waals surface area contributed by atoms with Gasteiger partial charge in [0.05, 0.1) is 16.7 Å². The fraction of sp³-hybridized carbons (Fsp3) is 0.192. The highest BCUT2D eigenvalue weighted by molar-refractivity contribution is 5.92. The van der Waals surface area contributed by atoms with Crippen LogP contribution in [0.15, 0.2) is 66.2 Å². The van der Waals surface area contributed by atoms with E-state index in [-0.39, 0.29) is 11.0 Å². The topological polar surface area (TPSA) is 78.9 Å². The lowest BCUT2D eigenvalue weighted by Gasteiger charge is -2.19. The lowest BCUT2D eigenvalue weighted by atomic mass is 9.86. The summed E-state index contributed by atoms with van der Waals surface area (Å²) in [6.07, 6.45) is 1.64. The summed E-state index contributed by atoms with van der Waals surface area (Å²) >= 11 is 0. The van der Waals surface area contributed by atoms with E-state index in [0.717, 1.165) is 33.5 Å². The van der Waals surface area contributed by atoms with Crippen molar-refractivity contribution >= 4 is 23.1 Å². The smallest absolute Gasteiger partial charge is 0.331 e. The van der Waals surface area contributed by atoms with Gasteiger partial charge in [0.15, 0.2) is 5.82 Å². The van der Waals surface area contributed by atoms with Crippen LogP contribution in [0.5, 0.6) is 0 Å². The molecule has 2 N–H and O–H groups in total. The summed E-state index contributed by atoms with van der Waals surface area (Å²) in [6, 6.07) is 20.1. The third kappa shape index (κ3) is 4.40. The zero-order valence-electron chi connectivity index (χ0n) is 18.1. The Hall–Kier alpha value is -3.73. The zero-order chi connectivity index (χ0) is 22.2. The SMILES string of the molecule is C/C(=C\c1ccc2nc(-c3cccc(-c4ccc(C(C)(C)C)cc4)n3)[nH]c2c1)C(=O)O. The molecule has 0 spiro atoms. The molecule has 5 heteroatoms. The minimum absolute atomic E-state index is 0.110. The predicted molar refractivity (Wildman–Crippen MR) is 125 cm³/mol. The van der Waals surface area contributed by atoms with Gasteiger partial charge in [-0.15, -0.1) is 0 Å². The van der Waals surface area contributed by atoms with Crippen molar-refractivity contribution in [3.05, 3.63) is 77.4 Å². The van der Waals surface area contributed by atoms with E-state index in [4.69, 9.17) is 10.1 Å². The van der Waals surface area contributed by atoms with Gasteiger partial charge in [-0.05, 0) is 53.8 Å². The van der Waals surface area contributed by atoms with Crippen LogP contribution in [0.3, 0.4) is 0 Å². The summed E-state index contributed by atoms with van der Waals surface area (Å²) in [4.78, 5) is 23.9. The predicted octanol–water partition coefficient (Wildman–Crippen LogP) is 6.08. The standard InChI is InChI=1S/C26H25N3O2/c1-16(25(30)31)14-17-8-13-21-23(15-17)29-24(28-21)22-7-5-6-20(27-22)18-9-11-19(12-10-18)26(2,3)4/h5-15H,1-4H3,(H,28,29)(H,30,31)/b16-14+. The molecule has 0 atom stereocenters. The van der Waals surface area contributed by atoms with Crippen molar-refractivity contribution in [3.8, 4) is 22.8 Å². The lowest BCUT2D eigenvalue weighted by molar-refractivity contribution is -0.132. The molecule has 0 saturated heterocycles. The molecule has 156 valence electrons. The number of imidazole rings is 1. The molecule has 4 aromatic rings. The molecule has 0 unspecified atom stereocenters. The van der Waals surface area contributed by atoms with Crippen LogP contribution in [0.1, 0.15) is 38.8 Å². The number of fused-ring (bicyclic) bond motifs is 1. The summed E-state index contributed by atoms with van der Waals surface area (Å²) in [6.45, 7) is 8.18. The second-order valence-electron chi connectivity index (χ2n) is 8.73. The van der Waals surface area contributed by atoms with Crippen LogP contribution >= 0.6 is 0 Å². The van der Waals surface area contributed by atoms with Crippen molar-refractivity contribution in [2.75, 3.05) is 0 Å². The van der Waals surface area contributed by atoms with Crippen LogP contribution in [-0.4, -0.2) is 26.0 Å². The third-order valence-corrected chi connectivity index (χ3v) is 5.26. The number of H-pyrrole nitrogens is 1. The molecule has 0 amide bonds. The molecule has 2 heterocycles. The molecule has 0 aliphatic rings. The van der Waals surface area contributed by atoms with Crippen molar-refractivity contribution in [1.29, 1.82) is 0 Å². The average Bonchev–Trinajstić information content (AvgIpc) is 3.17. The highest BCUT2D eigenvalue weighted by Crippen LogP contribution is 2.27. The second kappa shape index (κ2) is 7.84. The Labute approximate surface area is 181 Å². The largest absolute Gasteiger partial charge is 0.478 e. The monoisotopic (exact) mass is 411 g/mol.